The molecule has 0 aliphatic heterocycles. The minimum absolute atomic E-state index is 0.289. The maximum Gasteiger partial charge on any atom is 0.330 e. The van der Waals surface area contributed by atoms with Crippen molar-refractivity contribution in [2.24, 2.45) is 5.92 Å². The topological polar surface area (TPSA) is 26.3 Å². The molecule has 1 rings (SSSR count). The zero-order valence-electron chi connectivity index (χ0n) is 11.0. The predicted molar refractivity (Wildman–Crippen MR) is 75.0 cm³/mol. The lowest BCUT2D eigenvalue weighted by Crippen LogP contribution is -1.94. The molecule has 0 heterocycles. The number of esters is 1. The van der Waals surface area contributed by atoms with Gasteiger partial charge in [-0.2, -0.15) is 0 Å². The van der Waals surface area contributed by atoms with Gasteiger partial charge in [0.05, 0.1) is 7.11 Å². The highest BCUT2D eigenvalue weighted by Gasteiger charge is 1.96. The van der Waals surface area contributed by atoms with Crippen LogP contribution in [0.15, 0.2) is 48.6 Å². The maximum atomic E-state index is 10.8. The molecule has 2 heteroatoms. The SMILES string of the molecule is COC(=O)/C=C/CC[C@@H](C)/C=C/c1ccccc1. The van der Waals surface area contributed by atoms with Crippen LogP contribution >= 0.6 is 0 Å². The fraction of sp³-hybridized carbons (Fsp3) is 0.312. The van der Waals surface area contributed by atoms with Gasteiger partial charge in [-0.1, -0.05) is 55.5 Å². The molecular weight excluding hydrogens is 224 g/mol. The Morgan fingerprint density at radius 3 is 2.72 bits per heavy atom. The number of methoxy groups -OCH3 is 1. The second-order valence-corrected chi connectivity index (χ2v) is 4.25. The van der Waals surface area contributed by atoms with Gasteiger partial charge in [0.25, 0.3) is 0 Å². The van der Waals surface area contributed by atoms with Crippen molar-refractivity contribution in [3.05, 3.63) is 54.1 Å². The summed E-state index contributed by atoms with van der Waals surface area (Å²) in [4.78, 5) is 10.8. The van der Waals surface area contributed by atoms with Crippen molar-refractivity contribution >= 4 is 12.0 Å². The highest BCUT2D eigenvalue weighted by Crippen LogP contribution is 2.11. The van der Waals surface area contributed by atoms with Crippen LogP contribution in [0, 0.1) is 5.92 Å². The van der Waals surface area contributed by atoms with Crippen LogP contribution in [-0.4, -0.2) is 13.1 Å². The third-order valence-electron chi connectivity index (χ3n) is 2.66. The van der Waals surface area contributed by atoms with E-state index < -0.39 is 0 Å². The van der Waals surface area contributed by atoms with E-state index in [1.54, 1.807) is 0 Å². The third-order valence-corrected chi connectivity index (χ3v) is 2.66. The highest BCUT2D eigenvalue weighted by atomic mass is 16.5. The van der Waals surface area contributed by atoms with Crippen molar-refractivity contribution in [1.82, 2.24) is 0 Å². The summed E-state index contributed by atoms with van der Waals surface area (Å²) in [7, 11) is 1.39. The van der Waals surface area contributed by atoms with Gasteiger partial charge in [-0.15, -0.1) is 0 Å². The summed E-state index contributed by atoms with van der Waals surface area (Å²) in [5.74, 6) is 0.204. The molecule has 0 aliphatic rings. The van der Waals surface area contributed by atoms with Crippen LogP contribution in [0.5, 0.6) is 0 Å². The summed E-state index contributed by atoms with van der Waals surface area (Å²) < 4.78 is 4.52. The van der Waals surface area contributed by atoms with Gasteiger partial charge in [-0.05, 0) is 24.3 Å². The molecule has 0 bridgehead atoms. The number of allylic oxidation sites excluding steroid dienone is 2. The largest absolute Gasteiger partial charge is 0.466 e. The zero-order valence-corrected chi connectivity index (χ0v) is 11.0. The van der Waals surface area contributed by atoms with E-state index in [1.807, 2.05) is 24.3 Å². The number of hydrogen-bond acceptors (Lipinski definition) is 2. The fourth-order valence-electron chi connectivity index (χ4n) is 1.54. The van der Waals surface area contributed by atoms with Crippen LogP contribution in [-0.2, 0) is 9.53 Å². The molecular formula is C16H20O2. The Hall–Kier alpha value is -1.83. The molecule has 1 atom stereocenters. The van der Waals surface area contributed by atoms with Gasteiger partial charge < -0.3 is 4.74 Å². The van der Waals surface area contributed by atoms with E-state index in [2.05, 4.69) is 35.9 Å². The molecule has 0 N–H and O–H groups in total. The van der Waals surface area contributed by atoms with Gasteiger partial charge in [0.2, 0.25) is 0 Å². The van der Waals surface area contributed by atoms with E-state index >= 15 is 0 Å². The molecule has 2 nitrogen and oxygen atoms in total. The van der Waals surface area contributed by atoms with E-state index in [1.165, 1.54) is 18.7 Å². The molecule has 0 aromatic heterocycles. The van der Waals surface area contributed by atoms with Crippen molar-refractivity contribution in [2.75, 3.05) is 7.11 Å². The predicted octanol–water partition coefficient (Wildman–Crippen LogP) is 3.85. The number of hydrogen-bond donors (Lipinski definition) is 0. The highest BCUT2D eigenvalue weighted by molar-refractivity contribution is 5.81. The number of carbonyl (C=O) groups is 1. The van der Waals surface area contributed by atoms with Crippen LogP contribution in [0.1, 0.15) is 25.3 Å². The van der Waals surface area contributed by atoms with Crippen LogP contribution in [0.3, 0.4) is 0 Å². The van der Waals surface area contributed by atoms with Crippen molar-refractivity contribution < 1.29 is 9.53 Å². The summed E-state index contributed by atoms with van der Waals surface area (Å²) in [5, 5.41) is 0. The first-order valence-corrected chi connectivity index (χ1v) is 6.20. The van der Waals surface area contributed by atoms with Gasteiger partial charge in [-0.3, -0.25) is 0 Å². The van der Waals surface area contributed by atoms with Crippen molar-refractivity contribution in [1.29, 1.82) is 0 Å². The molecule has 1 aromatic rings. The van der Waals surface area contributed by atoms with Crippen molar-refractivity contribution in [3.63, 3.8) is 0 Å². The molecule has 0 amide bonds. The summed E-state index contributed by atoms with van der Waals surface area (Å²) in [5.41, 5.74) is 1.22. The van der Waals surface area contributed by atoms with Crippen molar-refractivity contribution in [3.8, 4) is 0 Å². The second-order valence-electron chi connectivity index (χ2n) is 4.25. The molecule has 0 unspecified atom stereocenters. The first kappa shape index (κ1) is 14.2. The molecule has 0 aliphatic carbocycles. The number of carbonyl (C=O) groups excluding carboxylic acids is 1. The standard InChI is InChI=1S/C16H20O2/c1-14(8-6-7-11-16(17)18-2)12-13-15-9-4-3-5-10-15/h3-5,7,9-14H,6,8H2,1-2H3/b11-7+,13-12+/t14-/m1/s1. The summed E-state index contributed by atoms with van der Waals surface area (Å²) in [6.45, 7) is 2.17. The van der Waals surface area contributed by atoms with E-state index in [0.717, 1.165) is 12.8 Å². The Balaban J connectivity index is 2.30. The molecule has 96 valence electrons. The molecule has 0 fully saturated rings. The van der Waals surface area contributed by atoms with E-state index in [-0.39, 0.29) is 5.97 Å². The zero-order chi connectivity index (χ0) is 13.2. The Morgan fingerprint density at radius 2 is 2.06 bits per heavy atom. The second kappa shape index (κ2) is 8.29. The molecule has 0 spiro atoms. The van der Waals surface area contributed by atoms with Gasteiger partial charge in [-0.25, -0.2) is 4.79 Å². The summed E-state index contributed by atoms with van der Waals surface area (Å²) in [6, 6.07) is 10.2. The fourth-order valence-corrected chi connectivity index (χ4v) is 1.54. The molecule has 18 heavy (non-hydrogen) atoms. The average molecular weight is 244 g/mol. The first-order valence-electron chi connectivity index (χ1n) is 6.20. The quantitative estimate of drug-likeness (QED) is 0.561. The average Bonchev–Trinajstić information content (AvgIpc) is 2.42. The van der Waals surface area contributed by atoms with Gasteiger partial charge in [0.1, 0.15) is 0 Å². The normalized spacial score (nSPS) is 13.0. The minimum Gasteiger partial charge on any atom is -0.466 e. The Kier molecular flexibility index (Phi) is 6.55. The van der Waals surface area contributed by atoms with Crippen LogP contribution in [0.25, 0.3) is 6.08 Å². The molecule has 1 aromatic carbocycles. The smallest absolute Gasteiger partial charge is 0.330 e. The van der Waals surface area contributed by atoms with Crippen LogP contribution in [0.2, 0.25) is 0 Å². The number of ether oxygens (including phenoxy) is 1. The lowest BCUT2D eigenvalue weighted by Gasteiger charge is -2.03. The van der Waals surface area contributed by atoms with Gasteiger partial charge in [0.15, 0.2) is 0 Å². The molecule has 0 saturated heterocycles. The van der Waals surface area contributed by atoms with Crippen LogP contribution in [0.4, 0.5) is 0 Å². The van der Waals surface area contributed by atoms with E-state index in [9.17, 15) is 4.79 Å². The van der Waals surface area contributed by atoms with E-state index in [4.69, 9.17) is 0 Å². The lowest BCUT2D eigenvalue weighted by molar-refractivity contribution is -0.134. The van der Waals surface area contributed by atoms with Crippen LogP contribution < -0.4 is 0 Å². The molecule has 0 saturated carbocycles. The number of benzene rings is 1. The van der Waals surface area contributed by atoms with Gasteiger partial charge >= 0.3 is 5.97 Å². The van der Waals surface area contributed by atoms with Gasteiger partial charge in [0, 0.05) is 6.08 Å². The first-order chi connectivity index (χ1) is 8.72. The third kappa shape index (κ3) is 6.04. The Morgan fingerprint density at radius 1 is 1.33 bits per heavy atom. The Labute approximate surface area is 109 Å². The monoisotopic (exact) mass is 244 g/mol. The molecule has 0 radical (unpaired) electrons. The summed E-state index contributed by atoms with van der Waals surface area (Å²) in [6.07, 6.45) is 9.58. The van der Waals surface area contributed by atoms with E-state index in [0.29, 0.717) is 5.92 Å². The lowest BCUT2D eigenvalue weighted by atomic mass is 10.0. The number of rotatable bonds is 6. The minimum atomic E-state index is -0.289. The maximum absolute atomic E-state index is 10.8. The Bertz CT molecular complexity index is 404. The summed E-state index contributed by atoms with van der Waals surface area (Å²) >= 11 is 0. The van der Waals surface area contributed by atoms with Crippen molar-refractivity contribution in [2.45, 2.75) is 19.8 Å².